The van der Waals surface area contributed by atoms with Gasteiger partial charge in [0.2, 0.25) is 15.2 Å². The molecule has 1 aromatic heterocycles. The average molecular weight is 477 g/mol. The molecule has 3 aromatic rings. The van der Waals surface area contributed by atoms with Crippen LogP contribution < -0.4 is 14.8 Å². The zero-order valence-corrected chi connectivity index (χ0v) is 19.8. The van der Waals surface area contributed by atoms with Gasteiger partial charge in [0.1, 0.15) is 11.5 Å². The van der Waals surface area contributed by atoms with Gasteiger partial charge in [-0.15, -0.1) is 10.2 Å². The molecule has 11 heteroatoms. The third kappa shape index (κ3) is 4.90. The van der Waals surface area contributed by atoms with Gasteiger partial charge in [0, 0.05) is 24.7 Å². The van der Waals surface area contributed by atoms with Gasteiger partial charge in [0.15, 0.2) is 5.01 Å². The minimum absolute atomic E-state index is 0.141. The highest BCUT2D eigenvalue weighted by molar-refractivity contribution is 7.89. The molecule has 9 nitrogen and oxygen atoms in total. The molecule has 0 spiro atoms. The Labute approximate surface area is 191 Å². The first-order valence-electron chi connectivity index (χ1n) is 9.81. The van der Waals surface area contributed by atoms with Crippen molar-refractivity contribution in [2.75, 3.05) is 32.6 Å². The SMILES string of the molecule is CCN(CC)S(=O)(=O)c1ccc(C(=O)Nc2nnc(-c3ccc(OC)cc3OC)s2)cc1. The van der Waals surface area contributed by atoms with E-state index >= 15 is 0 Å². The number of carbonyl (C=O) groups is 1. The summed E-state index contributed by atoms with van der Waals surface area (Å²) in [7, 11) is -0.465. The van der Waals surface area contributed by atoms with Gasteiger partial charge in [0.25, 0.3) is 5.91 Å². The maximum atomic E-state index is 12.6. The molecule has 32 heavy (non-hydrogen) atoms. The van der Waals surface area contributed by atoms with Gasteiger partial charge in [-0.1, -0.05) is 25.2 Å². The lowest BCUT2D eigenvalue weighted by Crippen LogP contribution is -2.30. The molecule has 3 rings (SSSR count). The highest BCUT2D eigenvalue weighted by atomic mass is 32.2. The monoisotopic (exact) mass is 476 g/mol. The summed E-state index contributed by atoms with van der Waals surface area (Å²) in [5.41, 5.74) is 1.03. The first-order chi connectivity index (χ1) is 15.3. The van der Waals surface area contributed by atoms with Crippen molar-refractivity contribution in [3.63, 3.8) is 0 Å². The molecular formula is C21H24N4O5S2. The normalized spacial score (nSPS) is 11.4. The molecule has 0 unspecified atom stereocenters. The molecule has 0 aliphatic carbocycles. The second-order valence-corrected chi connectivity index (χ2v) is 9.46. The van der Waals surface area contributed by atoms with E-state index in [1.54, 1.807) is 46.3 Å². The first-order valence-corrected chi connectivity index (χ1v) is 12.1. The maximum absolute atomic E-state index is 12.6. The molecule has 2 aromatic carbocycles. The van der Waals surface area contributed by atoms with Gasteiger partial charge in [-0.2, -0.15) is 4.31 Å². The highest BCUT2D eigenvalue weighted by Gasteiger charge is 2.22. The van der Waals surface area contributed by atoms with Gasteiger partial charge in [-0.3, -0.25) is 10.1 Å². The number of hydrogen-bond acceptors (Lipinski definition) is 8. The topological polar surface area (TPSA) is 111 Å². The van der Waals surface area contributed by atoms with Crippen LogP contribution in [0.25, 0.3) is 10.6 Å². The largest absolute Gasteiger partial charge is 0.497 e. The summed E-state index contributed by atoms with van der Waals surface area (Å²) in [6.07, 6.45) is 0. The number of hydrogen-bond donors (Lipinski definition) is 1. The van der Waals surface area contributed by atoms with Gasteiger partial charge in [-0.05, 0) is 36.4 Å². The Morgan fingerprint density at radius 1 is 1.03 bits per heavy atom. The fourth-order valence-corrected chi connectivity index (χ4v) is 5.24. The van der Waals surface area contributed by atoms with Crippen molar-refractivity contribution in [1.82, 2.24) is 14.5 Å². The highest BCUT2D eigenvalue weighted by Crippen LogP contribution is 2.36. The van der Waals surface area contributed by atoms with E-state index in [1.807, 2.05) is 0 Å². The Morgan fingerprint density at radius 3 is 2.31 bits per heavy atom. The van der Waals surface area contributed by atoms with Crippen molar-refractivity contribution in [3.8, 4) is 22.1 Å². The average Bonchev–Trinajstić information content (AvgIpc) is 3.27. The molecule has 1 amide bonds. The standard InChI is InChI=1S/C21H24N4O5S2/c1-5-25(6-2)32(27,28)16-10-7-14(8-11-16)19(26)22-21-24-23-20(31-21)17-12-9-15(29-3)13-18(17)30-4/h7-13H,5-6H2,1-4H3,(H,22,24,26). The molecule has 0 aliphatic heterocycles. The zero-order chi connectivity index (χ0) is 23.3. The van der Waals surface area contributed by atoms with Crippen molar-refractivity contribution in [2.45, 2.75) is 18.7 Å². The number of benzene rings is 2. The molecule has 0 bridgehead atoms. The summed E-state index contributed by atoms with van der Waals surface area (Å²) in [5, 5.41) is 11.7. The molecule has 0 aliphatic rings. The third-order valence-electron chi connectivity index (χ3n) is 4.74. The van der Waals surface area contributed by atoms with Crippen LogP contribution in [-0.2, 0) is 10.0 Å². The van der Waals surface area contributed by atoms with Crippen molar-refractivity contribution >= 4 is 32.4 Å². The summed E-state index contributed by atoms with van der Waals surface area (Å²) in [5.74, 6) is 0.805. The quantitative estimate of drug-likeness (QED) is 0.503. The molecule has 170 valence electrons. The van der Waals surface area contributed by atoms with Crippen LogP contribution in [0, 0.1) is 0 Å². The van der Waals surface area contributed by atoms with Crippen LogP contribution in [0.5, 0.6) is 11.5 Å². The van der Waals surface area contributed by atoms with Crippen molar-refractivity contribution < 1.29 is 22.7 Å². The van der Waals surface area contributed by atoms with E-state index in [9.17, 15) is 13.2 Å². The van der Waals surface area contributed by atoms with E-state index in [-0.39, 0.29) is 4.90 Å². The van der Waals surface area contributed by atoms with Gasteiger partial charge in [0.05, 0.1) is 24.7 Å². The Bertz CT molecular complexity index is 1190. The first kappa shape index (κ1) is 23.6. The molecule has 1 heterocycles. The lowest BCUT2D eigenvalue weighted by Gasteiger charge is -2.18. The summed E-state index contributed by atoms with van der Waals surface area (Å²) in [6, 6.07) is 11.1. The fraction of sp³-hybridized carbons (Fsp3) is 0.286. The van der Waals surface area contributed by atoms with Gasteiger partial charge >= 0.3 is 0 Å². The number of aromatic nitrogens is 2. The van der Waals surface area contributed by atoms with Gasteiger partial charge < -0.3 is 9.47 Å². The Hall–Kier alpha value is -3.02. The number of rotatable bonds is 9. The third-order valence-corrected chi connectivity index (χ3v) is 7.68. The van der Waals surface area contributed by atoms with Crippen LogP contribution in [0.3, 0.4) is 0 Å². The summed E-state index contributed by atoms with van der Waals surface area (Å²) in [4.78, 5) is 12.7. The van der Waals surface area contributed by atoms with E-state index in [4.69, 9.17) is 9.47 Å². The van der Waals surface area contributed by atoms with E-state index in [2.05, 4.69) is 15.5 Å². The van der Waals surface area contributed by atoms with Crippen LogP contribution in [-0.4, -0.2) is 56.1 Å². The van der Waals surface area contributed by atoms with Crippen LogP contribution >= 0.6 is 11.3 Å². The number of ether oxygens (including phenoxy) is 2. The van der Waals surface area contributed by atoms with Crippen LogP contribution in [0.15, 0.2) is 47.4 Å². The Morgan fingerprint density at radius 2 is 1.72 bits per heavy atom. The predicted octanol–water partition coefficient (Wildman–Crippen LogP) is 3.51. The van der Waals surface area contributed by atoms with E-state index < -0.39 is 15.9 Å². The summed E-state index contributed by atoms with van der Waals surface area (Å²) < 4.78 is 37.1. The number of anilines is 1. The van der Waals surface area contributed by atoms with Crippen LogP contribution in [0.1, 0.15) is 24.2 Å². The van der Waals surface area contributed by atoms with E-state index in [1.165, 1.54) is 39.9 Å². The Kier molecular flexibility index (Phi) is 7.44. The van der Waals surface area contributed by atoms with Crippen LogP contribution in [0.4, 0.5) is 5.13 Å². The second kappa shape index (κ2) is 10.1. The number of sulfonamides is 1. The Balaban J connectivity index is 1.76. The van der Waals surface area contributed by atoms with Crippen molar-refractivity contribution in [3.05, 3.63) is 48.0 Å². The fourth-order valence-electron chi connectivity index (χ4n) is 3.02. The molecule has 0 saturated heterocycles. The number of nitrogens with zero attached hydrogens (tertiary/aromatic N) is 3. The smallest absolute Gasteiger partial charge is 0.257 e. The molecule has 0 fully saturated rings. The molecular weight excluding hydrogens is 452 g/mol. The predicted molar refractivity (Wildman–Crippen MR) is 123 cm³/mol. The number of amides is 1. The van der Waals surface area contributed by atoms with E-state index in [0.29, 0.717) is 40.3 Å². The maximum Gasteiger partial charge on any atom is 0.257 e. The van der Waals surface area contributed by atoms with Crippen LogP contribution in [0.2, 0.25) is 0 Å². The van der Waals surface area contributed by atoms with Crippen molar-refractivity contribution in [1.29, 1.82) is 0 Å². The number of methoxy groups -OCH3 is 2. The zero-order valence-electron chi connectivity index (χ0n) is 18.2. The second-order valence-electron chi connectivity index (χ2n) is 6.55. The minimum Gasteiger partial charge on any atom is -0.497 e. The lowest BCUT2D eigenvalue weighted by atomic mass is 10.2. The summed E-state index contributed by atoms with van der Waals surface area (Å²) >= 11 is 1.19. The van der Waals surface area contributed by atoms with Gasteiger partial charge in [-0.25, -0.2) is 8.42 Å². The van der Waals surface area contributed by atoms with Crippen molar-refractivity contribution in [2.24, 2.45) is 0 Å². The van der Waals surface area contributed by atoms with E-state index in [0.717, 1.165) is 5.56 Å². The lowest BCUT2D eigenvalue weighted by molar-refractivity contribution is 0.102. The minimum atomic E-state index is -3.58. The number of nitrogens with one attached hydrogen (secondary N) is 1. The molecule has 0 radical (unpaired) electrons. The molecule has 0 saturated carbocycles. The molecule has 0 atom stereocenters. The summed E-state index contributed by atoms with van der Waals surface area (Å²) in [6.45, 7) is 4.31. The molecule has 1 N–H and O–H groups in total. The number of carbonyl (C=O) groups excluding carboxylic acids is 1.